The first-order valence-electron chi connectivity index (χ1n) is 3.13. The van der Waals surface area contributed by atoms with Gasteiger partial charge >= 0.3 is 5.97 Å². The highest BCUT2D eigenvalue weighted by molar-refractivity contribution is 5.86. The van der Waals surface area contributed by atoms with Crippen molar-refractivity contribution in [1.82, 2.24) is 0 Å². The fourth-order valence-electron chi connectivity index (χ4n) is 0.524. The highest BCUT2D eigenvalue weighted by atomic mass is 16.5. The Balaban J connectivity index is 3.82. The Morgan fingerprint density at radius 2 is 2.30 bits per heavy atom. The van der Waals surface area contributed by atoms with E-state index in [1.54, 1.807) is 6.92 Å². The molecular formula is C7H12O3. The van der Waals surface area contributed by atoms with Gasteiger partial charge in [-0.25, -0.2) is 4.79 Å². The normalized spacial score (nSPS) is 12.6. The number of hydrogen-bond acceptors (Lipinski definition) is 2. The average Bonchev–Trinajstić information content (AvgIpc) is 1.87. The maximum atomic E-state index is 10.2. The van der Waals surface area contributed by atoms with Gasteiger partial charge in [-0.05, 0) is 13.8 Å². The molecule has 0 saturated heterocycles. The summed E-state index contributed by atoms with van der Waals surface area (Å²) in [7, 11) is 0. The molecule has 0 rings (SSSR count). The van der Waals surface area contributed by atoms with Gasteiger partial charge < -0.3 is 9.84 Å². The molecule has 0 fully saturated rings. The molecular weight excluding hydrogens is 132 g/mol. The van der Waals surface area contributed by atoms with E-state index in [1.807, 2.05) is 6.92 Å². The van der Waals surface area contributed by atoms with Crippen LogP contribution in [0.1, 0.15) is 13.8 Å². The summed E-state index contributed by atoms with van der Waals surface area (Å²) in [4.78, 5) is 10.2. The monoisotopic (exact) mass is 144 g/mol. The molecule has 0 amide bonds. The van der Waals surface area contributed by atoms with Crippen molar-refractivity contribution in [3.8, 4) is 0 Å². The van der Waals surface area contributed by atoms with Crippen molar-refractivity contribution in [3.05, 3.63) is 12.2 Å². The summed E-state index contributed by atoms with van der Waals surface area (Å²) >= 11 is 0. The van der Waals surface area contributed by atoms with Crippen LogP contribution in [-0.4, -0.2) is 23.8 Å². The summed E-state index contributed by atoms with van der Waals surface area (Å²) in [6.07, 6.45) is -0.387. The summed E-state index contributed by atoms with van der Waals surface area (Å²) in [5, 5.41) is 8.40. The van der Waals surface area contributed by atoms with Gasteiger partial charge in [-0.1, -0.05) is 6.58 Å². The van der Waals surface area contributed by atoms with E-state index in [-0.39, 0.29) is 11.7 Å². The number of aliphatic carboxylic acids is 1. The molecule has 0 spiro atoms. The summed E-state index contributed by atoms with van der Waals surface area (Å²) in [6.45, 7) is 7.33. The maximum Gasteiger partial charge on any atom is 0.333 e. The molecule has 0 aliphatic heterocycles. The Kier molecular flexibility index (Phi) is 3.72. The summed E-state index contributed by atoms with van der Waals surface area (Å²) in [5.41, 5.74) is 0.0989. The van der Waals surface area contributed by atoms with Crippen LogP contribution in [0.25, 0.3) is 0 Å². The summed E-state index contributed by atoms with van der Waals surface area (Å²) in [6, 6.07) is 0. The molecule has 3 nitrogen and oxygen atoms in total. The van der Waals surface area contributed by atoms with Gasteiger partial charge in [-0.3, -0.25) is 0 Å². The van der Waals surface area contributed by atoms with Gasteiger partial charge in [-0.15, -0.1) is 0 Å². The molecule has 0 radical (unpaired) electrons. The third kappa shape index (κ3) is 2.64. The van der Waals surface area contributed by atoms with Gasteiger partial charge in [0, 0.05) is 6.61 Å². The van der Waals surface area contributed by atoms with Gasteiger partial charge in [0.2, 0.25) is 0 Å². The fraction of sp³-hybridized carbons (Fsp3) is 0.571. The Labute approximate surface area is 60.3 Å². The molecule has 3 heteroatoms. The van der Waals surface area contributed by atoms with Crippen molar-refractivity contribution in [2.45, 2.75) is 20.0 Å². The first-order chi connectivity index (χ1) is 4.59. The second-order valence-corrected chi connectivity index (χ2v) is 1.93. The van der Waals surface area contributed by atoms with Crippen LogP contribution in [0.4, 0.5) is 0 Å². The lowest BCUT2D eigenvalue weighted by atomic mass is 10.2. The van der Waals surface area contributed by atoms with E-state index < -0.39 is 5.97 Å². The molecule has 0 aromatic carbocycles. The lowest BCUT2D eigenvalue weighted by Gasteiger charge is -2.09. The van der Waals surface area contributed by atoms with E-state index in [9.17, 15) is 4.79 Å². The quantitative estimate of drug-likeness (QED) is 0.600. The largest absolute Gasteiger partial charge is 0.478 e. The number of rotatable bonds is 4. The highest BCUT2D eigenvalue weighted by Crippen LogP contribution is 2.02. The van der Waals surface area contributed by atoms with Crippen molar-refractivity contribution in [2.24, 2.45) is 0 Å². The third-order valence-corrected chi connectivity index (χ3v) is 1.18. The standard InChI is InChI=1S/C7H12O3/c1-4-10-6(3)5(2)7(8)9/h6H,2,4H2,1,3H3,(H,8,9). The second kappa shape index (κ2) is 4.06. The van der Waals surface area contributed by atoms with Gasteiger partial charge in [0.1, 0.15) is 0 Å². The van der Waals surface area contributed by atoms with Crippen LogP contribution in [0.15, 0.2) is 12.2 Å². The first-order valence-corrected chi connectivity index (χ1v) is 3.13. The van der Waals surface area contributed by atoms with E-state index in [0.717, 1.165) is 0 Å². The van der Waals surface area contributed by atoms with Crippen LogP contribution < -0.4 is 0 Å². The van der Waals surface area contributed by atoms with Crippen molar-refractivity contribution in [1.29, 1.82) is 0 Å². The van der Waals surface area contributed by atoms with E-state index in [0.29, 0.717) is 6.61 Å². The average molecular weight is 144 g/mol. The van der Waals surface area contributed by atoms with Crippen LogP contribution in [0.3, 0.4) is 0 Å². The topological polar surface area (TPSA) is 46.5 Å². The van der Waals surface area contributed by atoms with Crippen molar-refractivity contribution in [3.63, 3.8) is 0 Å². The van der Waals surface area contributed by atoms with Gasteiger partial charge in [0.05, 0.1) is 11.7 Å². The van der Waals surface area contributed by atoms with E-state index >= 15 is 0 Å². The molecule has 1 atom stereocenters. The van der Waals surface area contributed by atoms with Crippen molar-refractivity contribution in [2.75, 3.05) is 6.61 Å². The van der Waals surface area contributed by atoms with Gasteiger partial charge in [0.15, 0.2) is 0 Å². The van der Waals surface area contributed by atoms with Crippen LogP contribution in [0.2, 0.25) is 0 Å². The van der Waals surface area contributed by atoms with Crippen LogP contribution in [0, 0.1) is 0 Å². The third-order valence-electron chi connectivity index (χ3n) is 1.18. The lowest BCUT2D eigenvalue weighted by molar-refractivity contribution is -0.134. The smallest absolute Gasteiger partial charge is 0.333 e. The zero-order valence-electron chi connectivity index (χ0n) is 6.26. The van der Waals surface area contributed by atoms with Crippen molar-refractivity contribution < 1.29 is 14.6 Å². The minimum absolute atomic E-state index is 0.0989. The second-order valence-electron chi connectivity index (χ2n) is 1.93. The van der Waals surface area contributed by atoms with Crippen LogP contribution in [-0.2, 0) is 9.53 Å². The summed E-state index contributed by atoms with van der Waals surface area (Å²) < 4.78 is 4.98. The molecule has 0 aliphatic rings. The number of carboxylic acids is 1. The van der Waals surface area contributed by atoms with E-state index in [2.05, 4.69) is 6.58 Å². The molecule has 0 aromatic rings. The van der Waals surface area contributed by atoms with E-state index in [1.165, 1.54) is 0 Å². The lowest BCUT2D eigenvalue weighted by Crippen LogP contribution is -2.16. The number of hydrogen-bond donors (Lipinski definition) is 1. The van der Waals surface area contributed by atoms with Crippen LogP contribution in [0.5, 0.6) is 0 Å². The minimum atomic E-state index is -0.999. The van der Waals surface area contributed by atoms with Gasteiger partial charge in [0.25, 0.3) is 0 Å². The first kappa shape index (κ1) is 9.17. The summed E-state index contributed by atoms with van der Waals surface area (Å²) in [5.74, 6) is -0.999. The fourth-order valence-corrected chi connectivity index (χ4v) is 0.524. The Morgan fingerprint density at radius 1 is 1.80 bits per heavy atom. The Morgan fingerprint density at radius 3 is 2.60 bits per heavy atom. The molecule has 0 aliphatic carbocycles. The molecule has 1 N–H and O–H groups in total. The predicted molar refractivity (Wildman–Crippen MR) is 37.9 cm³/mol. The predicted octanol–water partition coefficient (Wildman–Crippen LogP) is 1.05. The Hall–Kier alpha value is -0.830. The van der Waals surface area contributed by atoms with Gasteiger partial charge in [-0.2, -0.15) is 0 Å². The zero-order chi connectivity index (χ0) is 8.15. The molecule has 0 bridgehead atoms. The molecule has 58 valence electrons. The molecule has 0 aromatic heterocycles. The highest BCUT2D eigenvalue weighted by Gasteiger charge is 2.12. The number of carboxylic acid groups (broad SMARTS) is 1. The molecule has 0 saturated carbocycles. The molecule has 10 heavy (non-hydrogen) atoms. The maximum absolute atomic E-state index is 10.2. The van der Waals surface area contributed by atoms with E-state index in [4.69, 9.17) is 9.84 Å². The zero-order valence-corrected chi connectivity index (χ0v) is 6.26. The number of carbonyl (C=O) groups is 1. The number of ether oxygens (including phenoxy) is 1. The Bertz CT molecular complexity index is 140. The van der Waals surface area contributed by atoms with Crippen molar-refractivity contribution >= 4 is 5.97 Å². The SMILES string of the molecule is C=C(C(=O)O)C(C)OCC. The minimum Gasteiger partial charge on any atom is -0.478 e. The molecule has 1 unspecified atom stereocenters. The van der Waals surface area contributed by atoms with Crippen LogP contribution >= 0.6 is 0 Å². The molecule has 0 heterocycles.